The summed E-state index contributed by atoms with van der Waals surface area (Å²) < 4.78 is 13.4. The van der Waals surface area contributed by atoms with E-state index in [0.717, 1.165) is 71.5 Å². The molecule has 10 aromatic rings. The molecule has 0 radical (unpaired) electrons. The number of rotatable bonds is 3. The van der Waals surface area contributed by atoms with E-state index in [0.29, 0.717) is 0 Å². The fourth-order valence-corrected chi connectivity index (χ4v) is 7.35. The monoisotopic (exact) mass is 586 g/mol. The maximum atomic E-state index is 6.81. The van der Waals surface area contributed by atoms with Crippen LogP contribution in [0.15, 0.2) is 167 Å². The van der Waals surface area contributed by atoms with Crippen LogP contribution in [-0.4, -0.2) is 0 Å². The van der Waals surface area contributed by atoms with Gasteiger partial charge in [0.25, 0.3) is 0 Å². The van der Waals surface area contributed by atoms with Crippen LogP contribution in [0.5, 0.6) is 0 Å². The van der Waals surface area contributed by atoms with Crippen molar-refractivity contribution in [1.82, 2.24) is 0 Å². The Morgan fingerprint density at radius 2 is 0.891 bits per heavy atom. The summed E-state index contributed by atoms with van der Waals surface area (Å²) >= 11 is 0. The van der Waals surface area contributed by atoms with E-state index in [4.69, 9.17) is 8.83 Å². The van der Waals surface area contributed by atoms with Crippen LogP contribution in [0.1, 0.15) is 0 Å². The van der Waals surface area contributed by atoms with Crippen LogP contribution in [0.4, 0.5) is 0 Å². The molecule has 2 aromatic heterocycles. The molecule has 2 heterocycles. The molecule has 0 aliphatic rings. The second-order valence-corrected chi connectivity index (χ2v) is 12.0. The van der Waals surface area contributed by atoms with E-state index in [1.54, 1.807) is 0 Å². The molecule has 46 heavy (non-hydrogen) atoms. The molecule has 0 aliphatic carbocycles. The van der Waals surface area contributed by atoms with E-state index in [-0.39, 0.29) is 0 Å². The van der Waals surface area contributed by atoms with Crippen LogP contribution in [0.2, 0.25) is 0 Å². The molecule has 0 atom stereocenters. The Kier molecular flexibility index (Phi) is 5.31. The van der Waals surface area contributed by atoms with Gasteiger partial charge in [-0.25, -0.2) is 0 Å². The van der Waals surface area contributed by atoms with E-state index < -0.39 is 0 Å². The third-order valence-electron chi connectivity index (χ3n) is 9.47. The number of furan rings is 2. The summed E-state index contributed by atoms with van der Waals surface area (Å²) in [5.41, 5.74) is 10.4. The van der Waals surface area contributed by atoms with Crippen molar-refractivity contribution in [2.75, 3.05) is 0 Å². The summed E-state index contributed by atoms with van der Waals surface area (Å²) in [4.78, 5) is 0. The highest BCUT2D eigenvalue weighted by Gasteiger charge is 2.24. The molecule has 214 valence electrons. The molecule has 10 rings (SSSR count). The Labute approximate surface area is 264 Å². The molecular weight excluding hydrogens is 560 g/mol. The molecule has 2 heteroatoms. The summed E-state index contributed by atoms with van der Waals surface area (Å²) in [5, 5.41) is 9.26. The smallest absolute Gasteiger partial charge is 0.144 e. The van der Waals surface area contributed by atoms with Crippen LogP contribution in [0, 0.1) is 0 Å². The normalized spacial score (nSPS) is 11.9. The van der Waals surface area contributed by atoms with Gasteiger partial charge in [-0.3, -0.25) is 0 Å². The molecule has 0 fully saturated rings. The van der Waals surface area contributed by atoms with Crippen LogP contribution in [0.3, 0.4) is 0 Å². The van der Waals surface area contributed by atoms with E-state index in [2.05, 4.69) is 140 Å². The van der Waals surface area contributed by atoms with E-state index in [1.165, 1.54) is 27.3 Å². The van der Waals surface area contributed by atoms with Crippen molar-refractivity contribution in [3.8, 4) is 33.4 Å². The molecule has 0 saturated carbocycles. The lowest BCUT2D eigenvalue weighted by atomic mass is 9.87. The van der Waals surface area contributed by atoms with Crippen molar-refractivity contribution in [2.45, 2.75) is 0 Å². The Bertz CT molecular complexity index is 2790. The Morgan fingerprint density at radius 1 is 0.326 bits per heavy atom. The maximum absolute atomic E-state index is 6.81. The predicted octanol–water partition coefficient (Wildman–Crippen LogP) is 12.8. The van der Waals surface area contributed by atoms with Gasteiger partial charge in [-0.1, -0.05) is 140 Å². The summed E-state index contributed by atoms with van der Waals surface area (Å²) in [6.45, 7) is 0. The standard InChI is InChI=1S/C44H26O2/c1-2-11-30-26-31(25-22-27(30)10-1)28-20-23-29(24-21-28)40-33-13-3-4-14-34(33)41(42-36-15-6-8-19-39(36)46-44(40)42)37-17-9-16-35-32-12-5-7-18-38(32)45-43(35)37/h1-26H. The molecule has 0 amide bonds. The molecule has 0 spiro atoms. The zero-order valence-electron chi connectivity index (χ0n) is 24.8. The summed E-state index contributed by atoms with van der Waals surface area (Å²) in [7, 11) is 0. The predicted molar refractivity (Wildman–Crippen MR) is 192 cm³/mol. The number of benzene rings is 8. The van der Waals surface area contributed by atoms with Crippen LogP contribution < -0.4 is 0 Å². The van der Waals surface area contributed by atoms with E-state index in [9.17, 15) is 0 Å². The van der Waals surface area contributed by atoms with Gasteiger partial charge in [0.1, 0.15) is 22.3 Å². The molecule has 0 aliphatic heterocycles. The topological polar surface area (TPSA) is 26.3 Å². The quantitative estimate of drug-likeness (QED) is 0.206. The van der Waals surface area contributed by atoms with E-state index >= 15 is 0 Å². The highest BCUT2D eigenvalue weighted by Crippen LogP contribution is 2.49. The van der Waals surface area contributed by atoms with Gasteiger partial charge in [0.2, 0.25) is 0 Å². The molecular formula is C44H26O2. The van der Waals surface area contributed by atoms with Crippen molar-refractivity contribution in [2.24, 2.45) is 0 Å². The summed E-state index contributed by atoms with van der Waals surface area (Å²) in [6, 6.07) is 56.0. The van der Waals surface area contributed by atoms with Crippen molar-refractivity contribution >= 4 is 65.4 Å². The van der Waals surface area contributed by atoms with Gasteiger partial charge in [0.15, 0.2) is 0 Å². The molecule has 0 N–H and O–H groups in total. The van der Waals surface area contributed by atoms with Gasteiger partial charge in [-0.15, -0.1) is 0 Å². The second-order valence-electron chi connectivity index (χ2n) is 12.0. The number of fused-ring (bicyclic) bond motifs is 8. The van der Waals surface area contributed by atoms with Gasteiger partial charge >= 0.3 is 0 Å². The van der Waals surface area contributed by atoms with E-state index in [1.807, 2.05) is 18.2 Å². The first kappa shape index (κ1) is 25.2. The Hall–Kier alpha value is -6.12. The lowest BCUT2D eigenvalue weighted by Crippen LogP contribution is -1.90. The molecule has 0 unspecified atom stereocenters. The van der Waals surface area contributed by atoms with Gasteiger partial charge < -0.3 is 8.83 Å². The average molecular weight is 587 g/mol. The van der Waals surface area contributed by atoms with Crippen LogP contribution in [0.25, 0.3) is 98.8 Å². The minimum Gasteiger partial charge on any atom is -0.455 e. The molecule has 0 bridgehead atoms. The first-order chi connectivity index (χ1) is 22.8. The SMILES string of the molecule is c1ccc2cc(-c3ccc(-c4c5ccccc5c(-c5cccc6c5oc5ccccc56)c5c4oc4ccccc45)cc3)ccc2c1. The average Bonchev–Trinajstić information content (AvgIpc) is 3.69. The second kappa shape index (κ2) is 9.69. The van der Waals surface area contributed by atoms with Gasteiger partial charge in [0.05, 0.1) is 0 Å². The van der Waals surface area contributed by atoms with Crippen molar-refractivity contribution in [3.05, 3.63) is 158 Å². The number of hydrogen-bond acceptors (Lipinski definition) is 2. The first-order valence-electron chi connectivity index (χ1n) is 15.7. The van der Waals surface area contributed by atoms with Crippen molar-refractivity contribution < 1.29 is 8.83 Å². The Balaban J connectivity index is 1.26. The van der Waals surface area contributed by atoms with Gasteiger partial charge in [0, 0.05) is 38.2 Å². The van der Waals surface area contributed by atoms with Crippen LogP contribution in [-0.2, 0) is 0 Å². The van der Waals surface area contributed by atoms with Crippen molar-refractivity contribution in [3.63, 3.8) is 0 Å². The third-order valence-corrected chi connectivity index (χ3v) is 9.47. The first-order valence-corrected chi connectivity index (χ1v) is 15.7. The highest BCUT2D eigenvalue weighted by molar-refractivity contribution is 6.28. The lowest BCUT2D eigenvalue weighted by Gasteiger charge is -2.15. The number of hydrogen-bond donors (Lipinski definition) is 0. The maximum Gasteiger partial charge on any atom is 0.144 e. The molecule has 0 saturated heterocycles. The lowest BCUT2D eigenvalue weighted by molar-refractivity contribution is 0.669. The largest absolute Gasteiger partial charge is 0.455 e. The zero-order chi connectivity index (χ0) is 30.2. The summed E-state index contributed by atoms with van der Waals surface area (Å²) in [6.07, 6.45) is 0. The fraction of sp³-hybridized carbons (Fsp3) is 0. The Morgan fingerprint density at radius 3 is 1.70 bits per heavy atom. The highest BCUT2D eigenvalue weighted by atomic mass is 16.3. The minimum atomic E-state index is 0.875. The van der Waals surface area contributed by atoms with Gasteiger partial charge in [-0.2, -0.15) is 0 Å². The van der Waals surface area contributed by atoms with Gasteiger partial charge in [-0.05, 0) is 56.4 Å². The zero-order valence-corrected chi connectivity index (χ0v) is 24.8. The third kappa shape index (κ3) is 3.65. The van der Waals surface area contributed by atoms with Crippen molar-refractivity contribution in [1.29, 1.82) is 0 Å². The number of para-hydroxylation sites is 3. The summed E-state index contributed by atoms with van der Waals surface area (Å²) in [5.74, 6) is 0. The fourth-order valence-electron chi connectivity index (χ4n) is 7.35. The molecule has 2 nitrogen and oxygen atoms in total. The van der Waals surface area contributed by atoms with Crippen LogP contribution >= 0.6 is 0 Å². The minimum absolute atomic E-state index is 0.875. The molecule has 8 aromatic carbocycles.